The van der Waals surface area contributed by atoms with Gasteiger partial charge in [0.2, 0.25) is 0 Å². The minimum absolute atomic E-state index is 0.463. The highest BCUT2D eigenvalue weighted by Crippen LogP contribution is 2.41. The van der Waals surface area contributed by atoms with Crippen LogP contribution in [0.25, 0.3) is 0 Å². The van der Waals surface area contributed by atoms with Gasteiger partial charge in [-0.25, -0.2) is 0 Å². The van der Waals surface area contributed by atoms with E-state index in [1.165, 1.54) is 19.3 Å². The Bertz CT molecular complexity index is 387. The van der Waals surface area contributed by atoms with E-state index < -0.39 is 0 Å². The second-order valence-electron chi connectivity index (χ2n) is 4.95. The van der Waals surface area contributed by atoms with Crippen molar-refractivity contribution in [3.8, 4) is 0 Å². The smallest absolute Gasteiger partial charge is 0.195 e. The van der Waals surface area contributed by atoms with E-state index in [9.17, 15) is 0 Å². The van der Waals surface area contributed by atoms with Crippen molar-refractivity contribution < 1.29 is 0 Å². The molecule has 4 heteroatoms. The quantitative estimate of drug-likeness (QED) is 0.799. The molecule has 1 aliphatic rings. The highest BCUT2D eigenvalue weighted by atomic mass is 32.1. The third kappa shape index (κ3) is 2.14. The van der Waals surface area contributed by atoms with Crippen LogP contribution in [0, 0.1) is 10.2 Å². The molecule has 0 aliphatic heterocycles. The molecule has 1 heterocycles. The molecule has 3 nitrogen and oxygen atoms in total. The average molecular weight is 225 g/mol. The lowest BCUT2D eigenvalue weighted by Crippen LogP contribution is -2.31. The zero-order valence-electron chi connectivity index (χ0n) is 9.55. The predicted molar refractivity (Wildman–Crippen MR) is 63.4 cm³/mol. The number of rotatable bonds is 4. The summed E-state index contributed by atoms with van der Waals surface area (Å²) in [5, 5.41) is 7.20. The van der Waals surface area contributed by atoms with E-state index in [4.69, 9.17) is 12.2 Å². The van der Waals surface area contributed by atoms with Gasteiger partial charge in [-0.3, -0.25) is 5.10 Å². The van der Waals surface area contributed by atoms with Crippen LogP contribution in [0.1, 0.15) is 45.4 Å². The third-order valence-corrected chi connectivity index (χ3v) is 3.72. The molecular weight excluding hydrogens is 206 g/mol. The number of H-pyrrole nitrogens is 1. The number of nitrogens with zero attached hydrogens (tertiary/aromatic N) is 2. The molecule has 1 aromatic heterocycles. The van der Waals surface area contributed by atoms with Gasteiger partial charge in [0.15, 0.2) is 4.77 Å². The van der Waals surface area contributed by atoms with Crippen molar-refractivity contribution in [2.24, 2.45) is 5.41 Å². The first-order chi connectivity index (χ1) is 7.14. The van der Waals surface area contributed by atoms with Crippen LogP contribution in [-0.2, 0) is 13.0 Å². The van der Waals surface area contributed by atoms with E-state index in [-0.39, 0.29) is 0 Å². The van der Waals surface area contributed by atoms with Gasteiger partial charge >= 0.3 is 0 Å². The van der Waals surface area contributed by atoms with Crippen LogP contribution in [0.4, 0.5) is 0 Å². The largest absolute Gasteiger partial charge is 0.304 e. The van der Waals surface area contributed by atoms with Crippen LogP contribution in [0.2, 0.25) is 0 Å². The van der Waals surface area contributed by atoms with Gasteiger partial charge in [-0.05, 0) is 36.9 Å². The summed E-state index contributed by atoms with van der Waals surface area (Å²) in [5.41, 5.74) is 0.463. The first-order valence-electron chi connectivity index (χ1n) is 5.79. The van der Waals surface area contributed by atoms with Gasteiger partial charge < -0.3 is 4.57 Å². The average Bonchev–Trinajstić information content (AvgIpc) is 2.48. The standard InChI is InChI=1S/C11H19N3S/c1-3-5-9-12-13-10(15)14(9)8-11(2)6-4-7-11/h3-8H2,1-2H3,(H,13,15). The second kappa shape index (κ2) is 4.08. The maximum atomic E-state index is 5.27. The fourth-order valence-electron chi connectivity index (χ4n) is 2.25. The SMILES string of the molecule is CCCc1n[nH]c(=S)n1CC1(C)CCC1. The topological polar surface area (TPSA) is 33.6 Å². The van der Waals surface area contributed by atoms with Gasteiger partial charge in [-0.1, -0.05) is 20.3 Å². The van der Waals surface area contributed by atoms with Crippen molar-refractivity contribution in [3.63, 3.8) is 0 Å². The Kier molecular flexibility index (Phi) is 2.96. The van der Waals surface area contributed by atoms with E-state index in [2.05, 4.69) is 28.6 Å². The molecule has 15 heavy (non-hydrogen) atoms. The molecule has 1 N–H and O–H groups in total. The van der Waals surface area contributed by atoms with Crippen molar-refractivity contribution >= 4 is 12.2 Å². The van der Waals surface area contributed by atoms with Crippen LogP contribution in [0.3, 0.4) is 0 Å². The summed E-state index contributed by atoms with van der Waals surface area (Å²) in [6.07, 6.45) is 6.15. The Morgan fingerprint density at radius 2 is 2.27 bits per heavy atom. The lowest BCUT2D eigenvalue weighted by atomic mass is 9.70. The molecule has 0 bridgehead atoms. The molecule has 0 saturated heterocycles. The molecule has 0 spiro atoms. The summed E-state index contributed by atoms with van der Waals surface area (Å²) >= 11 is 5.27. The van der Waals surface area contributed by atoms with E-state index in [1.807, 2.05) is 0 Å². The predicted octanol–water partition coefficient (Wildman–Crippen LogP) is 3.08. The molecule has 2 rings (SSSR count). The lowest BCUT2D eigenvalue weighted by Gasteiger charge is -2.38. The van der Waals surface area contributed by atoms with Gasteiger partial charge in [-0.15, -0.1) is 0 Å². The van der Waals surface area contributed by atoms with Gasteiger partial charge in [-0.2, -0.15) is 5.10 Å². The Hall–Kier alpha value is -0.640. The number of aryl methyl sites for hydroxylation is 1. The summed E-state index contributed by atoms with van der Waals surface area (Å²) in [4.78, 5) is 0. The molecule has 1 fully saturated rings. The van der Waals surface area contributed by atoms with E-state index in [0.29, 0.717) is 5.41 Å². The fourth-order valence-corrected chi connectivity index (χ4v) is 2.46. The minimum atomic E-state index is 0.463. The van der Waals surface area contributed by atoms with Gasteiger partial charge in [0.25, 0.3) is 0 Å². The van der Waals surface area contributed by atoms with Crippen LogP contribution < -0.4 is 0 Å². The Labute approximate surface area is 95.9 Å². The zero-order valence-corrected chi connectivity index (χ0v) is 10.4. The summed E-state index contributed by atoms with van der Waals surface area (Å²) in [5.74, 6) is 1.12. The summed E-state index contributed by atoms with van der Waals surface area (Å²) in [6, 6.07) is 0. The van der Waals surface area contributed by atoms with Crippen LogP contribution in [0.15, 0.2) is 0 Å². The molecule has 1 aromatic rings. The number of hydrogen-bond acceptors (Lipinski definition) is 2. The lowest BCUT2D eigenvalue weighted by molar-refractivity contribution is 0.130. The van der Waals surface area contributed by atoms with Gasteiger partial charge in [0.1, 0.15) is 5.82 Å². The Morgan fingerprint density at radius 1 is 1.53 bits per heavy atom. The van der Waals surface area contributed by atoms with E-state index >= 15 is 0 Å². The molecule has 0 amide bonds. The van der Waals surface area contributed by atoms with E-state index in [0.717, 1.165) is 30.0 Å². The zero-order chi connectivity index (χ0) is 10.9. The first kappa shape index (κ1) is 10.9. The minimum Gasteiger partial charge on any atom is -0.304 e. The maximum absolute atomic E-state index is 5.27. The summed E-state index contributed by atoms with van der Waals surface area (Å²) in [6.45, 7) is 5.56. The summed E-state index contributed by atoms with van der Waals surface area (Å²) in [7, 11) is 0. The third-order valence-electron chi connectivity index (χ3n) is 3.41. The summed E-state index contributed by atoms with van der Waals surface area (Å²) < 4.78 is 2.98. The van der Waals surface area contributed by atoms with Gasteiger partial charge in [0, 0.05) is 13.0 Å². The molecule has 1 aliphatic carbocycles. The monoisotopic (exact) mass is 225 g/mol. The highest BCUT2D eigenvalue weighted by molar-refractivity contribution is 7.71. The Morgan fingerprint density at radius 3 is 2.80 bits per heavy atom. The van der Waals surface area contributed by atoms with Crippen LogP contribution in [-0.4, -0.2) is 14.8 Å². The number of aromatic nitrogens is 3. The van der Waals surface area contributed by atoms with Crippen molar-refractivity contribution in [3.05, 3.63) is 10.6 Å². The van der Waals surface area contributed by atoms with Crippen molar-refractivity contribution in [1.29, 1.82) is 0 Å². The molecule has 0 aromatic carbocycles. The van der Waals surface area contributed by atoms with Crippen molar-refractivity contribution in [2.75, 3.05) is 0 Å². The molecule has 0 radical (unpaired) electrons. The van der Waals surface area contributed by atoms with Crippen LogP contribution in [0.5, 0.6) is 0 Å². The van der Waals surface area contributed by atoms with Gasteiger partial charge in [0.05, 0.1) is 0 Å². The van der Waals surface area contributed by atoms with Crippen molar-refractivity contribution in [1.82, 2.24) is 14.8 Å². The normalized spacial score (nSPS) is 18.8. The fraction of sp³-hybridized carbons (Fsp3) is 0.818. The number of aromatic amines is 1. The first-order valence-corrected chi connectivity index (χ1v) is 6.19. The van der Waals surface area contributed by atoms with Crippen LogP contribution >= 0.6 is 12.2 Å². The Balaban J connectivity index is 2.18. The molecular formula is C11H19N3S. The number of hydrogen-bond donors (Lipinski definition) is 1. The highest BCUT2D eigenvalue weighted by Gasteiger charge is 2.32. The number of nitrogens with one attached hydrogen (secondary N) is 1. The maximum Gasteiger partial charge on any atom is 0.195 e. The molecule has 1 saturated carbocycles. The second-order valence-corrected chi connectivity index (χ2v) is 5.33. The van der Waals surface area contributed by atoms with Crippen molar-refractivity contribution in [2.45, 2.75) is 52.5 Å². The molecule has 0 unspecified atom stereocenters. The molecule has 84 valence electrons. The molecule has 0 atom stereocenters. The van der Waals surface area contributed by atoms with E-state index in [1.54, 1.807) is 0 Å².